The van der Waals surface area contributed by atoms with E-state index in [1.54, 1.807) is 11.9 Å². The Balaban J connectivity index is 1.86. The average molecular weight is 299 g/mol. The lowest BCUT2D eigenvalue weighted by Crippen LogP contribution is -2.53. The smallest absolute Gasteiger partial charge is 0.334 e. The Kier molecular flexibility index (Phi) is 5.00. The zero-order chi connectivity index (χ0) is 15.4. The lowest BCUT2D eigenvalue weighted by molar-refractivity contribution is -0.154. The predicted octanol–water partition coefficient (Wildman–Crippen LogP) is -0.554. The van der Waals surface area contributed by atoms with Crippen LogP contribution in [-0.2, 0) is 14.3 Å². The van der Waals surface area contributed by atoms with Crippen molar-refractivity contribution in [3.63, 3.8) is 0 Å². The lowest BCUT2D eigenvalue weighted by atomic mass is 10.3. The number of likely N-dealkylation sites (tertiary alicyclic amines) is 1. The average Bonchev–Trinajstić information content (AvgIpc) is 3.00. The van der Waals surface area contributed by atoms with Gasteiger partial charge < -0.3 is 24.5 Å². The summed E-state index contributed by atoms with van der Waals surface area (Å²) in [4.78, 5) is 39.7. The first-order valence-electron chi connectivity index (χ1n) is 7.11. The summed E-state index contributed by atoms with van der Waals surface area (Å²) in [5.41, 5.74) is 0. The highest BCUT2D eigenvalue weighted by atomic mass is 16.5. The predicted molar refractivity (Wildman–Crippen MR) is 72.8 cm³/mol. The number of aliphatic carboxylic acids is 1. The van der Waals surface area contributed by atoms with Gasteiger partial charge in [0.2, 0.25) is 5.91 Å². The zero-order valence-corrected chi connectivity index (χ0v) is 12.2. The van der Waals surface area contributed by atoms with E-state index in [2.05, 4.69) is 0 Å². The largest absolute Gasteiger partial charge is 0.479 e. The lowest BCUT2D eigenvalue weighted by Gasteiger charge is -2.34. The number of carboxylic acids is 1. The van der Waals surface area contributed by atoms with Crippen LogP contribution in [0, 0.1) is 0 Å². The summed E-state index contributed by atoms with van der Waals surface area (Å²) < 4.78 is 5.07. The van der Waals surface area contributed by atoms with Crippen LogP contribution in [0.2, 0.25) is 0 Å². The molecule has 1 atom stereocenters. The Morgan fingerprint density at radius 1 is 1.19 bits per heavy atom. The van der Waals surface area contributed by atoms with Gasteiger partial charge in [0, 0.05) is 26.7 Å². The normalized spacial score (nSPS) is 22.2. The number of likely N-dealkylation sites (N-methyl/N-ethyl adjacent to an activating group) is 1. The second kappa shape index (κ2) is 6.75. The van der Waals surface area contributed by atoms with Gasteiger partial charge in [-0.05, 0) is 12.8 Å². The molecule has 3 amide bonds. The monoisotopic (exact) mass is 299 g/mol. The first-order valence-corrected chi connectivity index (χ1v) is 7.11. The standard InChI is InChI=1S/C13H21N3O5/c1-14(9-11(17)15-4-2-3-5-15)13(20)16-6-7-21-10(8-16)12(18)19/h10H,2-9H2,1H3,(H,18,19). The van der Waals surface area contributed by atoms with Crippen LogP contribution >= 0.6 is 0 Å². The molecule has 8 nitrogen and oxygen atoms in total. The van der Waals surface area contributed by atoms with E-state index in [0.29, 0.717) is 6.54 Å². The summed E-state index contributed by atoms with van der Waals surface area (Å²) >= 11 is 0. The first-order chi connectivity index (χ1) is 9.99. The Morgan fingerprint density at radius 3 is 2.48 bits per heavy atom. The number of amides is 3. The molecule has 0 bridgehead atoms. The van der Waals surface area contributed by atoms with Gasteiger partial charge in [0.15, 0.2) is 6.10 Å². The van der Waals surface area contributed by atoms with Crippen molar-refractivity contribution in [1.29, 1.82) is 0 Å². The van der Waals surface area contributed by atoms with Crippen molar-refractivity contribution in [3.05, 3.63) is 0 Å². The van der Waals surface area contributed by atoms with Crippen LogP contribution < -0.4 is 0 Å². The van der Waals surface area contributed by atoms with Crippen molar-refractivity contribution in [2.45, 2.75) is 18.9 Å². The molecule has 2 rings (SSSR count). The molecule has 0 saturated carbocycles. The minimum Gasteiger partial charge on any atom is -0.479 e. The van der Waals surface area contributed by atoms with E-state index < -0.39 is 12.1 Å². The molecule has 2 heterocycles. The van der Waals surface area contributed by atoms with E-state index >= 15 is 0 Å². The summed E-state index contributed by atoms with van der Waals surface area (Å²) in [5, 5.41) is 8.93. The molecular formula is C13H21N3O5. The maximum atomic E-state index is 12.2. The van der Waals surface area contributed by atoms with E-state index in [0.717, 1.165) is 25.9 Å². The Bertz CT molecular complexity index is 422. The molecule has 21 heavy (non-hydrogen) atoms. The van der Waals surface area contributed by atoms with Crippen LogP contribution in [0.5, 0.6) is 0 Å². The van der Waals surface area contributed by atoms with Gasteiger partial charge in [-0.1, -0.05) is 0 Å². The van der Waals surface area contributed by atoms with Crippen molar-refractivity contribution >= 4 is 17.9 Å². The Morgan fingerprint density at radius 2 is 1.86 bits per heavy atom. The van der Waals surface area contributed by atoms with Crippen LogP contribution in [0.15, 0.2) is 0 Å². The van der Waals surface area contributed by atoms with E-state index in [1.807, 2.05) is 0 Å². The maximum Gasteiger partial charge on any atom is 0.334 e. The molecule has 118 valence electrons. The highest BCUT2D eigenvalue weighted by molar-refractivity contribution is 5.84. The topological polar surface area (TPSA) is 90.4 Å². The van der Waals surface area contributed by atoms with Gasteiger partial charge in [-0.25, -0.2) is 9.59 Å². The number of urea groups is 1. The Labute approximate surface area is 123 Å². The number of rotatable bonds is 3. The van der Waals surface area contributed by atoms with Crippen LogP contribution in [0.3, 0.4) is 0 Å². The van der Waals surface area contributed by atoms with Crippen molar-refractivity contribution in [2.24, 2.45) is 0 Å². The molecule has 1 unspecified atom stereocenters. The summed E-state index contributed by atoms with van der Waals surface area (Å²) in [6, 6.07) is -0.336. The second-order valence-corrected chi connectivity index (χ2v) is 5.37. The van der Waals surface area contributed by atoms with E-state index in [4.69, 9.17) is 9.84 Å². The van der Waals surface area contributed by atoms with Crippen LogP contribution in [0.4, 0.5) is 4.79 Å². The van der Waals surface area contributed by atoms with Crippen molar-refractivity contribution < 1.29 is 24.2 Å². The third-order valence-corrected chi connectivity index (χ3v) is 3.77. The van der Waals surface area contributed by atoms with Gasteiger partial charge in [0.05, 0.1) is 13.2 Å². The number of hydrogen-bond acceptors (Lipinski definition) is 4. The number of carboxylic acid groups (broad SMARTS) is 1. The second-order valence-electron chi connectivity index (χ2n) is 5.37. The van der Waals surface area contributed by atoms with E-state index in [-0.39, 0.29) is 31.6 Å². The summed E-state index contributed by atoms with van der Waals surface area (Å²) in [5.74, 6) is -1.14. The summed E-state index contributed by atoms with van der Waals surface area (Å²) in [6.07, 6.45) is 1.02. The van der Waals surface area contributed by atoms with E-state index in [1.165, 1.54) is 9.80 Å². The Hall–Kier alpha value is -1.83. The molecule has 2 saturated heterocycles. The maximum absolute atomic E-state index is 12.2. The quantitative estimate of drug-likeness (QED) is 0.755. The molecule has 0 aromatic rings. The molecule has 8 heteroatoms. The van der Waals surface area contributed by atoms with Crippen molar-refractivity contribution in [3.8, 4) is 0 Å². The molecule has 0 aromatic carbocycles. The minimum absolute atomic E-state index is 0.0103. The third kappa shape index (κ3) is 3.84. The first kappa shape index (κ1) is 15.6. The fourth-order valence-electron chi connectivity index (χ4n) is 2.55. The highest BCUT2D eigenvalue weighted by Crippen LogP contribution is 2.10. The zero-order valence-electron chi connectivity index (χ0n) is 12.2. The molecule has 0 aromatic heterocycles. The van der Waals surface area contributed by atoms with Crippen molar-refractivity contribution in [2.75, 3.05) is 46.4 Å². The molecule has 0 aliphatic carbocycles. The molecule has 1 N–H and O–H groups in total. The van der Waals surface area contributed by atoms with Gasteiger partial charge in [0.25, 0.3) is 0 Å². The third-order valence-electron chi connectivity index (χ3n) is 3.77. The van der Waals surface area contributed by atoms with Gasteiger partial charge >= 0.3 is 12.0 Å². The highest BCUT2D eigenvalue weighted by Gasteiger charge is 2.31. The molecular weight excluding hydrogens is 278 g/mol. The molecule has 0 spiro atoms. The van der Waals surface area contributed by atoms with Gasteiger partial charge in [-0.3, -0.25) is 4.79 Å². The van der Waals surface area contributed by atoms with Gasteiger partial charge in [0.1, 0.15) is 6.54 Å². The van der Waals surface area contributed by atoms with E-state index in [9.17, 15) is 14.4 Å². The summed E-state index contributed by atoms with van der Waals surface area (Å²) in [7, 11) is 1.56. The number of hydrogen-bond donors (Lipinski definition) is 1. The summed E-state index contributed by atoms with van der Waals surface area (Å²) in [6.45, 7) is 2.06. The number of carbonyl (C=O) groups excluding carboxylic acids is 2. The van der Waals surface area contributed by atoms with Crippen LogP contribution in [-0.4, -0.2) is 90.2 Å². The van der Waals surface area contributed by atoms with Crippen LogP contribution in [0.1, 0.15) is 12.8 Å². The number of ether oxygens (including phenoxy) is 1. The number of carbonyl (C=O) groups is 3. The van der Waals surface area contributed by atoms with Crippen molar-refractivity contribution in [1.82, 2.24) is 14.7 Å². The van der Waals surface area contributed by atoms with Gasteiger partial charge in [-0.2, -0.15) is 0 Å². The molecule has 2 aliphatic rings. The molecule has 0 radical (unpaired) electrons. The van der Waals surface area contributed by atoms with Crippen LogP contribution in [0.25, 0.3) is 0 Å². The minimum atomic E-state index is -1.08. The number of nitrogens with zero attached hydrogens (tertiary/aromatic N) is 3. The SMILES string of the molecule is CN(CC(=O)N1CCCC1)C(=O)N1CCOC(C(=O)O)C1. The fraction of sp³-hybridized carbons (Fsp3) is 0.769. The molecule has 2 fully saturated rings. The number of morpholine rings is 1. The molecule has 2 aliphatic heterocycles. The fourth-order valence-corrected chi connectivity index (χ4v) is 2.55. The van der Waals surface area contributed by atoms with Gasteiger partial charge in [-0.15, -0.1) is 0 Å².